The average molecular weight is 461 g/mol. The number of carbonyl (C=O) groups excluding carboxylic acids is 2. The second-order valence-corrected chi connectivity index (χ2v) is 11.6. The Morgan fingerprint density at radius 3 is 2.55 bits per heavy atom. The molecular formula is C28H29ClN2O2. The van der Waals surface area contributed by atoms with Crippen LogP contribution in [0.5, 0.6) is 0 Å². The third-order valence-corrected chi connectivity index (χ3v) is 8.70. The lowest BCUT2D eigenvalue weighted by atomic mass is 9.56. The van der Waals surface area contributed by atoms with Gasteiger partial charge in [-0.05, 0) is 72.3 Å². The van der Waals surface area contributed by atoms with Gasteiger partial charge in [-0.1, -0.05) is 56.6 Å². The predicted molar refractivity (Wildman–Crippen MR) is 132 cm³/mol. The largest absolute Gasteiger partial charge is 0.357 e. The van der Waals surface area contributed by atoms with Crippen molar-refractivity contribution >= 4 is 40.0 Å². The SMILES string of the molecule is CC(C)(C)[C@H]1CC[C@H]2c3c([nH]c4ccccc34)[C@H]3C(=O)N(c4cccc(Cl)c4)C(=O)[C@@H]3[C@@H]2C1. The van der Waals surface area contributed by atoms with E-state index in [0.29, 0.717) is 22.5 Å². The smallest absolute Gasteiger partial charge is 0.243 e. The zero-order valence-corrected chi connectivity index (χ0v) is 20.0. The maximum atomic E-state index is 13.9. The molecule has 1 aliphatic heterocycles. The van der Waals surface area contributed by atoms with Gasteiger partial charge in [0.1, 0.15) is 0 Å². The van der Waals surface area contributed by atoms with Gasteiger partial charge in [-0.25, -0.2) is 4.90 Å². The van der Waals surface area contributed by atoms with Crippen LogP contribution >= 0.6 is 11.6 Å². The Morgan fingerprint density at radius 2 is 1.79 bits per heavy atom. The highest BCUT2D eigenvalue weighted by atomic mass is 35.5. The molecule has 1 aromatic heterocycles. The molecule has 3 aliphatic rings. The van der Waals surface area contributed by atoms with E-state index in [-0.39, 0.29) is 29.1 Å². The van der Waals surface area contributed by atoms with Crippen LogP contribution in [0.15, 0.2) is 48.5 Å². The Morgan fingerprint density at radius 1 is 1.00 bits per heavy atom. The predicted octanol–water partition coefficient (Wildman–Crippen LogP) is 6.65. The molecule has 33 heavy (non-hydrogen) atoms. The number of H-pyrrole nitrogens is 1. The molecule has 1 saturated carbocycles. The number of benzene rings is 2. The van der Waals surface area contributed by atoms with Gasteiger partial charge in [-0.15, -0.1) is 0 Å². The van der Waals surface area contributed by atoms with E-state index in [1.807, 2.05) is 6.07 Å². The molecule has 2 aromatic carbocycles. The molecule has 2 fully saturated rings. The number of rotatable bonds is 1. The van der Waals surface area contributed by atoms with Crippen molar-refractivity contribution < 1.29 is 9.59 Å². The van der Waals surface area contributed by atoms with Gasteiger partial charge in [-0.3, -0.25) is 9.59 Å². The number of anilines is 1. The number of aromatic nitrogens is 1. The van der Waals surface area contributed by atoms with Crippen LogP contribution in [0.1, 0.15) is 63.1 Å². The zero-order valence-electron chi connectivity index (χ0n) is 19.3. The summed E-state index contributed by atoms with van der Waals surface area (Å²) in [6, 6.07) is 15.4. The van der Waals surface area contributed by atoms with Crippen molar-refractivity contribution in [1.82, 2.24) is 4.98 Å². The third kappa shape index (κ3) is 3.03. The topological polar surface area (TPSA) is 53.2 Å². The normalized spacial score (nSPS) is 29.2. The van der Waals surface area contributed by atoms with Crippen molar-refractivity contribution in [3.63, 3.8) is 0 Å². The summed E-state index contributed by atoms with van der Waals surface area (Å²) in [5, 5.41) is 1.73. The molecule has 5 heteroatoms. The van der Waals surface area contributed by atoms with Gasteiger partial charge in [0.2, 0.25) is 11.8 Å². The lowest BCUT2D eigenvalue weighted by Gasteiger charge is -2.47. The van der Waals surface area contributed by atoms with Crippen LogP contribution in [0.3, 0.4) is 0 Å². The second-order valence-electron chi connectivity index (χ2n) is 11.1. The number of fused-ring (bicyclic) bond motifs is 8. The minimum atomic E-state index is -0.459. The van der Waals surface area contributed by atoms with Crippen molar-refractivity contribution in [1.29, 1.82) is 0 Å². The summed E-state index contributed by atoms with van der Waals surface area (Å²) in [6.07, 6.45) is 3.20. The third-order valence-electron chi connectivity index (χ3n) is 8.46. The first kappa shape index (κ1) is 21.0. The van der Waals surface area contributed by atoms with Gasteiger partial charge in [0.05, 0.1) is 17.5 Å². The molecule has 4 nitrogen and oxygen atoms in total. The summed E-state index contributed by atoms with van der Waals surface area (Å²) >= 11 is 6.23. The van der Waals surface area contributed by atoms with Gasteiger partial charge >= 0.3 is 0 Å². The van der Waals surface area contributed by atoms with Crippen LogP contribution in [0.4, 0.5) is 5.69 Å². The van der Waals surface area contributed by atoms with Crippen LogP contribution in [-0.4, -0.2) is 16.8 Å². The number of hydrogen-bond acceptors (Lipinski definition) is 2. The van der Waals surface area contributed by atoms with Crippen molar-refractivity contribution in [2.24, 2.45) is 23.2 Å². The number of amides is 2. The fraction of sp³-hybridized carbons (Fsp3) is 0.429. The van der Waals surface area contributed by atoms with Crippen molar-refractivity contribution in [2.45, 2.75) is 51.9 Å². The summed E-state index contributed by atoms with van der Waals surface area (Å²) < 4.78 is 0. The lowest BCUT2D eigenvalue weighted by Crippen LogP contribution is -2.41. The molecule has 2 aliphatic carbocycles. The lowest BCUT2D eigenvalue weighted by molar-refractivity contribution is -0.123. The van der Waals surface area contributed by atoms with Crippen LogP contribution in [0.25, 0.3) is 10.9 Å². The number of nitrogens with one attached hydrogen (secondary N) is 1. The summed E-state index contributed by atoms with van der Waals surface area (Å²) in [5.41, 5.74) is 4.04. The zero-order chi connectivity index (χ0) is 23.1. The Bertz CT molecular complexity index is 1290. The van der Waals surface area contributed by atoms with Crippen LogP contribution in [0, 0.1) is 23.2 Å². The van der Waals surface area contributed by atoms with Gasteiger partial charge in [0.25, 0.3) is 0 Å². The number of imide groups is 1. The molecular weight excluding hydrogens is 432 g/mol. The van der Waals surface area contributed by atoms with Gasteiger partial charge in [-0.2, -0.15) is 0 Å². The number of nitrogens with zero attached hydrogens (tertiary/aromatic N) is 1. The number of aromatic amines is 1. The van der Waals surface area contributed by atoms with E-state index in [9.17, 15) is 9.59 Å². The van der Waals surface area contributed by atoms with Crippen molar-refractivity contribution in [3.8, 4) is 0 Å². The van der Waals surface area contributed by atoms with E-state index < -0.39 is 5.92 Å². The molecule has 0 bridgehead atoms. The molecule has 2 amide bonds. The van der Waals surface area contributed by atoms with E-state index in [1.165, 1.54) is 15.8 Å². The fourth-order valence-electron chi connectivity index (χ4n) is 6.87. The van der Waals surface area contributed by atoms with Crippen molar-refractivity contribution in [2.75, 3.05) is 4.90 Å². The molecule has 1 N–H and O–H groups in total. The first-order valence-electron chi connectivity index (χ1n) is 12.0. The molecule has 0 radical (unpaired) electrons. The minimum absolute atomic E-state index is 0.0684. The quantitative estimate of drug-likeness (QED) is 0.413. The summed E-state index contributed by atoms with van der Waals surface area (Å²) in [5.74, 6) is 0.0187. The van der Waals surface area contributed by atoms with Crippen LogP contribution in [0.2, 0.25) is 5.02 Å². The molecule has 6 rings (SSSR count). The highest BCUT2D eigenvalue weighted by Crippen LogP contribution is 2.60. The maximum Gasteiger partial charge on any atom is 0.243 e. The molecule has 0 spiro atoms. The number of carbonyl (C=O) groups is 2. The van der Waals surface area contributed by atoms with E-state index in [4.69, 9.17) is 11.6 Å². The maximum absolute atomic E-state index is 13.9. The van der Waals surface area contributed by atoms with E-state index in [1.54, 1.807) is 24.3 Å². The highest BCUT2D eigenvalue weighted by Gasteiger charge is 2.59. The van der Waals surface area contributed by atoms with Crippen molar-refractivity contribution in [3.05, 3.63) is 64.8 Å². The summed E-state index contributed by atoms with van der Waals surface area (Å²) in [7, 11) is 0. The summed E-state index contributed by atoms with van der Waals surface area (Å²) in [4.78, 5) is 32.8. The van der Waals surface area contributed by atoms with Crippen LogP contribution < -0.4 is 4.90 Å². The fourth-order valence-corrected chi connectivity index (χ4v) is 7.06. The number of halogens is 1. The van der Waals surface area contributed by atoms with E-state index in [2.05, 4.69) is 44.0 Å². The Kier molecular flexibility index (Phi) is 4.58. The molecule has 170 valence electrons. The van der Waals surface area contributed by atoms with Crippen LogP contribution in [-0.2, 0) is 9.59 Å². The number of hydrogen-bond donors (Lipinski definition) is 1. The molecule has 3 aromatic rings. The van der Waals surface area contributed by atoms with E-state index >= 15 is 0 Å². The first-order chi connectivity index (χ1) is 15.8. The van der Waals surface area contributed by atoms with E-state index in [0.717, 1.165) is 30.5 Å². The molecule has 2 heterocycles. The Hall–Kier alpha value is -2.59. The van der Waals surface area contributed by atoms with Gasteiger partial charge in [0, 0.05) is 21.6 Å². The first-order valence-corrected chi connectivity index (χ1v) is 12.4. The second kappa shape index (κ2) is 7.20. The summed E-state index contributed by atoms with van der Waals surface area (Å²) in [6.45, 7) is 6.90. The molecule has 0 unspecified atom stereocenters. The Labute approximate surface area is 199 Å². The molecule has 5 atom stereocenters. The monoisotopic (exact) mass is 460 g/mol. The average Bonchev–Trinajstić information content (AvgIpc) is 3.28. The van der Waals surface area contributed by atoms with Gasteiger partial charge < -0.3 is 4.98 Å². The highest BCUT2D eigenvalue weighted by molar-refractivity contribution is 6.31. The minimum Gasteiger partial charge on any atom is -0.357 e. The molecule has 1 saturated heterocycles. The standard InChI is InChI=1S/C28H29ClN2O2/c1-28(2,3)15-11-12-18-20(13-15)23-24(25-22(18)19-9-4-5-10-21(19)30-25)27(33)31(26(23)32)17-8-6-7-16(29)14-17/h4-10,14-15,18,20,23-24,30H,11-13H2,1-3H3/t15-,18+,20+,23+,24-/m0/s1. The number of para-hydroxylation sites is 1. The van der Waals surface area contributed by atoms with Gasteiger partial charge in [0.15, 0.2) is 0 Å². The Balaban J connectivity index is 1.53.